The minimum atomic E-state index is -5.56. The summed E-state index contributed by atoms with van der Waals surface area (Å²) < 4.78 is 73.7. The molecule has 0 aromatic heterocycles. The van der Waals surface area contributed by atoms with Crippen molar-refractivity contribution in [3.63, 3.8) is 0 Å². The molecule has 1 aromatic carbocycles. The predicted molar refractivity (Wildman–Crippen MR) is 114 cm³/mol. The van der Waals surface area contributed by atoms with Crippen LogP contribution in [0.3, 0.4) is 0 Å². The van der Waals surface area contributed by atoms with Gasteiger partial charge in [0.05, 0.1) is 6.04 Å². The second-order valence-electron chi connectivity index (χ2n) is 8.79. The highest BCUT2D eigenvalue weighted by molar-refractivity contribution is 5.76. The van der Waals surface area contributed by atoms with Gasteiger partial charge in [0.2, 0.25) is 5.91 Å². The fourth-order valence-corrected chi connectivity index (χ4v) is 4.17. The largest absolute Gasteiger partial charge is 0.486 e. The number of ether oxygens (including phenoxy) is 2. The number of nitrogens with one attached hydrogen (secondary N) is 1. The molecule has 2 atom stereocenters. The van der Waals surface area contributed by atoms with Crippen molar-refractivity contribution in [1.82, 2.24) is 10.2 Å². The summed E-state index contributed by atoms with van der Waals surface area (Å²) in [6.45, 7) is 2.98. The van der Waals surface area contributed by atoms with Crippen molar-refractivity contribution in [2.45, 2.75) is 69.2 Å². The molecule has 2 aliphatic heterocycles. The SMILES string of the molecule is O=C(CCCCCC(F)(F)C(F)(F)F)N[C@H](CN1CCCC1)[C@H](O)c1ccc2c(c1)OCCO2. The highest BCUT2D eigenvalue weighted by Crippen LogP contribution is 2.39. The fraction of sp³-hybridized carbons (Fsp3) is 0.696. The van der Waals surface area contributed by atoms with Gasteiger partial charge in [0.15, 0.2) is 11.5 Å². The van der Waals surface area contributed by atoms with Crippen molar-refractivity contribution in [2.75, 3.05) is 32.8 Å². The molecule has 6 nitrogen and oxygen atoms in total. The summed E-state index contributed by atoms with van der Waals surface area (Å²) >= 11 is 0. The third kappa shape index (κ3) is 7.18. The molecule has 0 spiro atoms. The minimum absolute atomic E-state index is 0.0258. The Hall–Kier alpha value is -2.14. The molecule has 0 bridgehead atoms. The number of carbonyl (C=O) groups is 1. The number of hydrogen-bond donors (Lipinski definition) is 2. The zero-order valence-electron chi connectivity index (χ0n) is 18.9. The summed E-state index contributed by atoms with van der Waals surface area (Å²) in [4.78, 5) is 14.6. The number of aliphatic hydroxyl groups is 1. The number of likely N-dealkylation sites (tertiary alicyclic amines) is 1. The number of benzene rings is 1. The third-order valence-electron chi connectivity index (χ3n) is 6.10. The van der Waals surface area contributed by atoms with Crippen LogP contribution in [0.5, 0.6) is 11.5 Å². The monoisotopic (exact) mass is 494 g/mol. The first-order valence-corrected chi connectivity index (χ1v) is 11.6. The Morgan fingerprint density at radius 1 is 1.03 bits per heavy atom. The lowest BCUT2D eigenvalue weighted by Crippen LogP contribution is -2.46. The molecule has 0 unspecified atom stereocenters. The first-order valence-electron chi connectivity index (χ1n) is 11.6. The molecule has 0 radical (unpaired) electrons. The van der Waals surface area contributed by atoms with Gasteiger partial charge in [-0.3, -0.25) is 4.79 Å². The smallest absolute Gasteiger partial charge is 0.453 e. The van der Waals surface area contributed by atoms with Crippen LogP contribution in [0.2, 0.25) is 0 Å². The molecule has 1 fully saturated rings. The molecule has 3 rings (SSSR count). The van der Waals surface area contributed by atoms with Crippen LogP contribution in [0.1, 0.15) is 56.6 Å². The van der Waals surface area contributed by atoms with E-state index in [4.69, 9.17) is 9.47 Å². The zero-order valence-corrected chi connectivity index (χ0v) is 18.9. The van der Waals surface area contributed by atoms with Crippen molar-refractivity contribution in [2.24, 2.45) is 0 Å². The van der Waals surface area contributed by atoms with Crippen molar-refractivity contribution in [3.8, 4) is 11.5 Å². The summed E-state index contributed by atoms with van der Waals surface area (Å²) in [5, 5.41) is 13.9. The Kier molecular flexibility index (Phi) is 8.97. The number of aliphatic hydroxyl groups excluding tert-OH is 1. The highest BCUT2D eigenvalue weighted by Gasteiger charge is 2.56. The van der Waals surface area contributed by atoms with E-state index in [1.165, 1.54) is 0 Å². The molecular weight excluding hydrogens is 463 g/mol. The zero-order chi connectivity index (χ0) is 24.8. The molecule has 1 saturated heterocycles. The summed E-state index contributed by atoms with van der Waals surface area (Å²) in [7, 11) is 0. The minimum Gasteiger partial charge on any atom is -0.486 e. The van der Waals surface area contributed by atoms with Gasteiger partial charge in [-0.15, -0.1) is 0 Å². The van der Waals surface area contributed by atoms with Crippen LogP contribution in [0.4, 0.5) is 22.0 Å². The maximum Gasteiger partial charge on any atom is 0.453 e. The third-order valence-corrected chi connectivity index (χ3v) is 6.10. The van der Waals surface area contributed by atoms with Gasteiger partial charge in [0.25, 0.3) is 0 Å². The Balaban J connectivity index is 1.54. The van der Waals surface area contributed by atoms with E-state index < -0.39 is 30.7 Å². The Morgan fingerprint density at radius 3 is 2.38 bits per heavy atom. The lowest BCUT2D eigenvalue weighted by molar-refractivity contribution is -0.284. The topological polar surface area (TPSA) is 71.0 Å². The Morgan fingerprint density at radius 2 is 1.71 bits per heavy atom. The van der Waals surface area contributed by atoms with E-state index in [0.29, 0.717) is 36.8 Å². The van der Waals surface area contributed by atoms with Gasteiger partial charge in [-0.25, -0.2) is 0 Å². The average molecular weight is 495 g/mol. The van der Waals surface area contributed by atoms with Crippen molar-refractivity contribution in [3.05, 3.63) is 23.8 Å². The molecule has 192 valence electrons. The van der Waals surface area contributed by atoms with E-state index in [0.717, 1.165) is 25.9 Å². The number of rotatable bonds is 11. The predicted octanol–water partition coefficient (Wildman–Crippen LogP) is 4.22. The average Bonchev–Trinajstić information content (AvgIpc) is 3.30. The van der Waals surface area contributed by atoms with Gasteiger partial charge in [-0.1, -0.05) is 12.5 Å². The molecule has 0 saturated carbocycles. The molecule has 1 aromatic rings. The number of carbonyl (C=O) groups excluding carboxylic acids is 1. The maximum absolute atomic E-state index is 13.0. The summed E-state index contributed by atoms with van der Waals surface area (Å²) in [5.74, 6) is -4.00. The number of unbranched alkanes of at least 4 members (excludes halogenated alkanes) is 2. The molecule has 0 aliphatic carbocycles. The molecule has 2 heterocycles. The quantitative estimate of drug-likeness (QED) is 0.356. The summed E-state index contributed by atoms with van der Waals surface area (Å²) in [6.07, 6.45) is -5.93. The van der Waals surface area contributed by atoms with Crippen LogP contribution in [-0.2, 0) is 4.79 Å². The van der Waals surface area contributed by atoms with Gasteiger partial charge in [0.1, 0.15) is 19.3 Å². The molecular formula is C23H31F5N2O4. The number of alkyl halides is 5. The first-order chi connectivity index (χ1) is 16.1. The number of fused-ring (bicyclic) bond motifs is 1. The second-order valence-corrected chi connectivity index (χ2v) is 8.79. The van der Waals surface area contributed by atoms with Crippen LogP contribution in [0.25, 0.3) is 0 Å². The van der Waals surface area contributed by atoms with E-state index in [1.54, 1.807) is 18.2 Å². The number of halogens is 5. The van der Waals surface area contributed by atoms with Crippen LogP contribution in [0, 0.1) is 0 Å². The van der Waals surface area contributed by atoms with Crippen LogP contribution in [0.15, 0.2) is 18.2 Å². The Bertz CT molecular complexity index is 815. The molecule has 2 N–H and O–H groups in total. The van der Waals surface area contributed by atoms with E-state index >= 15 is 0 Å². The van der Waals surface area contributed by atoms with Crippen molar-refractivity contribution < 1.29 is 41.3 Å². The molecule has 1 amide bonds. The van der Waals surface area contributed by atoms with Gasteiger partial charge in [0, 0.05) is 19.4 Å². The van der Waals surface area contributed by atoms with E-state index in [1.807, 2.05) is 0 Å². The van der Waals surface area contributed by atoms with Gasteiger partial charge < -0.3 is 24.8 Å². The maximum atomic E-state index is 13.0. The molecule has 34 heavy (non-hydrogen) atoms. The van der Waals surface area contributed by atoms with Crippen LogP contribution < -0.4 is 14.8 Å². The highest BCUT2D eigenvalue weighted by atomic mass is 19.4. The molecule has 11 heteroatoms. The van der Waals surface area contributed by atoms with Crippen LogP contribution in [-0.4, -0.2) is 66.9 Å². The summed E-state index contributed by atoms with van der Waals surface area (Å²) in [5.41, 5.74) is 0.558. The normalized spacial score (nSPS) is 18.5. The fourth-order valence-electron chi connectivity index (χ4n) is 4.17. The number of nitrogens with zero attached hydrogens (tertiary/aromatic N) is 1. The van der Waals surface area contributed by atoms with Gasteiger partial charge in [-0.05, 0) is 56.5 Å². The number of hydrogen-bond acceptors (Lipinski definition) is 5. The molecule has 2 aliphatic rings. The van der Waals surface area contributed by atoms with Crippen molar-refractivity contribution in [1.29, 1.82) is 0 Å². The van der Waals surface area contributed by atoms with Crippen molar-refractivity contribution >= 4 is 5.91 Å². The van der Waals surface area contributed by atoms with Crippen LogP contribution >= 0.6 is 0 Å². The lowest BCUT2D eigenvalue weighted by Gasteiger charge is -2.29. The first kappa shape index (κ1) is 26.5. The van der Waals surface area contributed by atoms with Gasteiger partial charge in [-0.2, -0.15) is 22.0 Å². The lowest BCUT2D eigenvalue weighted by atomic mass is 10.0. The second kappa shape index (κ2) is 11.5. The van der Waals surface area contributed by atoms with E-state index in [9.17, 15) is 31.9 Å². The van der Waals surface area contributed by atoms with E-state index in [2.05, 4.69) is 10.2 Å². The van der Waals surface area contributed by atoms with Gasteiger partial charge >= 0.3 is 12.1 Å². The standard InChI is InChI=1S/C23H31F5N2O4/c24-22(25,23(26,27)28)9-3-1-2-6-20(31)29-17(15-30-10-4-5-11-30)21(32)16-7-8-18-19(14-16)34-13-12-33-18/h7-8,14,17,21,32H,1-6,9-13,15H2,(H,29,31)/t17-,21-/m1/s1. The number of amides is 1. The van der Waals surface area contributed by atoms with E-state index in [-0.39, 0.29) is 31.6 Å². The Labute approximate surface area is 195 Å². The summed E-state index contributed by atoms with van der Waals surface area (Å²) in [6, 6.07) is 4.48.